The molecule has 100 valence electrons. The van der Waals surface area contributed by atoms with Gasteiger partial charge < -0.3 is 4.42 Å². The SMILES string of the molecule is S=c1oc2c(Cl)cc(Cl)cc2c(=S)n1-c1ccccc1. The largest absolute Gasteiger partial charge is 0.429 e. The van der Waals surface area contributed by atoms with Crippen molar-refractivity contribution < 1.29 is 4.42 Å². The Morgan fingerprint density at radius 2 is 1.70 bits per heavy atom. The highest BCUT2D eigenvalue weighted by Crippen LogP contribution is 2.30. The molecule has 1 aromatic heterocycles. The number of hydrogen-bond acceptors (Lipinski definition) is 3. The molecule has 0 saturated heterocycles. The first kappa shape index (κ1) is 13.8. The van der Waals surface area contributed by atoms with E-state index in [-0.39, 0.29) is 4.84 Å². The lowest BCUT2D eigenvalue weighted by Crippen LogP contribution is -1.99. The molecule has 20 heavy (non-hydrogen) atoms. The Morgan fingerprint density at radius 3 is 2.40 bits per heavy atom. The first-order chi connectivity index (χ1) is 9.58. The topological polar surface area (TPSA) is 18.1 Å². The van der Waals surface area contributed by atoms with Crippen LogP contribution in [-0.2, 0) is 0 Å². The van der Waals surface area contributed by atoms with Crippen LogP contribution < -0.4 is 0 Å². The third-order valence-corrected chi connectivity index (χ3v) is 4.00. The molecule has 0 aliphatic heterocycles. The molecule has 0 atom stereocenters. The number of benzene rings is 2. The summed E-state index contributed by atoms with van der Waals surface area (Å²) in [6.07, 6.45) is 0. The molecule has 2 aromatic carbocycles. The summed E-state index contributed by atoms with van der Waals surface area (Å²) in [7, 11) is 0. The summed E-state index contributed by atoms with van der Waals surface area (Å²) in [5.74, 6) is 0. The third-order valence-electron chi connectivity index (χ3n) is 2.83. The summed E-state index contributed by atoms with van der Waals surface area (Å²) in [5, 5.41) is 1.56. The number of nitrogens with zero attached hydrogens (tertiary/aromatic N) is 1. The van der Waals surface area contributed by atoms with Crippen molar-refractivity contribution in [1.29, 1.82) is 0 Å². The molecule has 0 unspecified atom stereocenters. The molecule has 3 rings (SSSR count). The molecule has 0 N–H and O–H groups in total. The van der Waals surface area contributed by atoms with Crippen LogP contribution in [0.25, 0.3) is 16.7 Å². The lowest BCUT2D eigenvalue weighted by Gasteiger charge is -2.09. The van der Waals surface area contributed by atoms with Gasteiger partial charge in [0.25, 0.3) is 4.84 Å². The van der Waals surface area contributed by atoms with E-state index in [0.29, 0.717) is 25.7 Å². The van der Waals surface area contributed by atoms with Gasteiger partial charge in [-0.25, -0.2) is 0 Å². The molecular weight excluding hydrogens is 333 g/mol. The van der Waals surface area contributed by atoms with Crippen molar-refractivity contribution in [2.75, 3.05) is 0 Å². The van der Waals surface area contributed by atoms with Gasteiger partial charge in [0.15, 0.2) is 5.58 Å². The van der Waals surface area contributed by atoms with E-state index < -0.39 is 0 Å². The second-order valence-corrected chi connectivity index (χ2v) is 5.69. The van der Waals surface area contributed by atoms with E-state index in [1.165, 1.54) is 0 Å². The van der Waals surface area contributed by atoms with E-state index in [1.54, 1.807) is 16.7 Å². The summed E-state index contributed by atoms with van der Waals surface area (Å²) in [4.78, 5) is 0.248. The maximum Gasteiger partial charge on any atom is 0.274 e. The summed E-state index contributed by atoms with van der Waals surface area (Å²) in [6.45, 7) is 0. The van der Waals surface area contributed by atoms with E-state index in [2.05, 4.69) is 0 Å². The van der Waals surface area contributed by atoms with Gasteiger partial charge in [-0.05, 0) is 36.5 Å². The third kappa shape index (κ3) is 2.29. The van der Waals surface area contributed by atoms with E-state index >= 15 is 0 Å². The molecule has 1 heterocycles. The standard InChI is InChI=1S/C14H7Cl2NOS2/c15-8-6-10-12(11(16)7-8)18-14(20)17(13(10)19)9-4-2-1-3-5-9/h1-7H. The van der Waals surface area contributed by atoms with Crippen LogP contribution in [0.1, 0.15) is 0 Å². The van der Waals surface area contributed by atoms with Crippen molar-refractivity contribution in [2.24, 2.45) is 0 Å². The zero-order valence-electron chi connectivity index (χ0n) is 9.97. The van der Waals surface area contributed by atoms with Crippen LogP contribution in [-0.4, -0.2) is 4.57 Å². The van der Waals surface area contributed by atoms with E-state index in [4.69, 9.17) is 52.1 Å². The fraction of sp³-hybridized carbons (Fsp3) is 0. The predicted molar refractivity (Wildman–Crippen MR) is 87.2 cm³/mol. The molecule has 0 aliphatic rings. The minimum absolute atomic E-state index is 0.248. The monoisotopic (exact) mass is 339 g/mol. The number of halogens is 2. The summed E-state index contributed by atoms with van der Waals surface area (Å²) in [6, 6.07) is 12.9. The van der Waals surface area contributed by atoms with Crippen molar-refractivity contribution in [1.82, 2.24) is 4.57 Å². The zero-order chi connectivity index (χ0) is 14.3. The molecule has 0 aliphatic carbocycles. The van der Waals surface area contributed by atoms with Crippen LogP contribution in [0.3, 0.4) is 0 Å². The lowest BCUT2D eigenvalue weighted by atomic mass is 10.2. The lowest BCUT2D eigenvalue weighted by molar-refractivity contribution is 0.537. The first-order valence-corrected chi connectivity index (χ1v) is 7.25. The smallest absolute Gasteiger partial charge is 0.274 e. The Labute approximate surface area is 135 Å². The van der Waals surface area contributed by atoms with Crippen LogP contribution >= 0.6 is 47.6 Å². The van der Waals surface area contributed by atoms with Gasteiger partial charge in [-0.3, -0.25) is 4.57 Å². The number of aromatic nitrogens is 1. The second-order valence-electron chi connectivity index (χ2n) is 4.11. The summed E-state index contributed by atoms with van der Waals surface area (Å²) < 4.78 is 7.83. The fourth-order valence-corrected chi connectivity index (χ4v) is 3.17. The highest BCUT2D eigenvalue weighted by Gasteiger charge is 2.10. The first-order valence-electron chi connectivity index (χ1n) is 5.68. The van der Waals surface area contributed by atoms with Crippen LogP contribution in [0.2, 0.25) is 10.0 Å². The normalized spacial score (nSPS) is 10.9. The van der Waals surface area contributed by atoms with Crippen LogP contribution in [0.5, 0.6) is 0 Å². The van der Waals surface area contributed by atoms with Crippen molar-refractivity contribution >= 4 is 58.6 Å². The Morgan fingerprint density at radius 1 is 1.00 bits per heavy atom. The quantitative estimate of drug-likeness (QED) is 0.507. The predicted octanol–water partition coefficient (Wildman–Crippen LogP) is 5.99. The molecule has 2 nitrogen and oxygen atoms in total. The Kier molecular flexibility index (Phi) is 3.65. The van der Waals surface area contributed by atoms with Crippen molar-refractivity contribution in [3.05, 3.63) is 62.0 Å². The van der Waals surface area contributed by atoms with Crippen LogP contribution in [0.15, 0.2) is 46.9 Å². The molecule has 0 spiro atoms. The van der Waals surface area contributed by atoms with Gasteiger partial charge in [0.2, 0.25) is 0 Å². The van der Waals surface area contributed by atoms with Crippen LogP contribution in [0, 0.1) is 9.48 Å². The number of rotatable bonds is 1. The van der Waals surface area contributed by atoms with E-state index in [1.807, 2.05) is 30.3 Å². The van der Waals surface area contributed by atoms with Gasteiger partial charge >= 0.3 is 0 Å². The van der Waals surface area contributed by atoms with Crippen molar-refractivity contribution in [2.45, 2.75) is 0 Å². The second kappa shape index (κ2) is 5.30. The fourth-order valence-electron chi connectivity index (χ4n) is 1.96. The molecular formula is C14H7Cl2NOS2. The van der Waals surface area contributed by atoms with Crippen molar-refractivity contribution in [3.63, 3.8) is 0 Å². The number of fused-ring (bicyclic) bond motifs is 1. The number of hydrogen-bond donors (Lipinski definition) is 0. The van der Waals surface area contributed by atoms with Gasteiger partial charge in [0, 0.05) is 5.02 Å². The molecule has 0 radical (unpaired) electrons. The van der Waals surface area contributed by atoms with Gasteiger partial charge in [-0.1, -0.05) is 53.6 Å². The van der Waals surface area contributed by atoms with Gasteiger partial charge in [0.05, 0.1) is 16.1 Å². The molecule has 0 amide bonds. The molecule has 0 bridgehead atoms. The average molecular weight is 340 g/mol. The Bertz CT molecular complexity index is 916. The molecule has 3 aromatic rings. The van der Waals surface area contributed by atoms with Crippen molar-refractivity contribution in [3.8, 4) is 5.69 Å². The Balaban J connectivity index is 2.47. The number of para-hydroxylation sites is 1. The maximum atomic E-state index is 6.12. The van der Waals surface area contributed by atoms with E-state index in [0.717, 1.165) is 5.69 Å². The highest BCUT2D eigenvalue weighted by molar-refractivity contribution is 7.72. The van der Waals surface area contributed by atoms with Gasteiger partial charge in [0.1, 0.15) is 4.64 Å². The molecule has 6 heteroatoms. The molecule has 0 saturated carbocycles. The van der Waals surface area contributed by atoms with Gasteiger partial charge in [-0.2, -0.15) is 0 Å². The minimum Gasteiger partial charge on any atom is -0.429 e. The summed E-state index contributed by atoms with van der Waals surface area (Å²) in [5.41, 5.74) is 1.29. The summed E-state index contributed by atoms with van der Waals surface area (Å²) >= 11 is 22.9. The molecule has 0 fully saturated rings. The average Bonchev–Trinajstić information content (AvgIpc) is 2.42. The zero-order valence-corrected chi connectivity index (χ0v) is 13.1. The van der Waals surface area contributed by atoms with E-state index in [9.17, 15) is 0 Å². The minimum atomic E-state index is 0.248. The highest BCUT2D eigenvalue weighted by atomic mass is 35.5. The van der Waals surface area contributed by atoms with Gasteiger partial charge in [-0.15, -0.1) is 0 Å². The Hall–Kier alpha value is -1.20. The van der Waals surface area contributed by atoms with Crippen LogP contribution in [0.4, 0.5) is 0 Å². The maximum absolute atomic E-state index is 6.12.